The summed E-state index contributed by atoms with van der Waals surface area (Å²) in [6, 6.07) is 22.4. The minimum absolute atomic E-state index is 0.0723. The number of carbonyl (C=O) groups is 2. The predicted octanol–water partition coefficient (Wildman–Crippen LogP) is 5.72. The van der Waals surface area contributed by atoms with Crippen LogP contribution in [0.2, 0.25) is 5.02 Å². The van der Waals surface area contributed by atoms with Gasteiger partial charge in [0.05, 0.1) is 6.42 Å². The van der Waals surface area contributed by atoms with Crippen molar-refractivity contribution >= 4 is 23.4 Å². The second kappa shape index (κ2) is 12.0. The molecule has 4 nitrogen and oxygen atoms in total. The van der Waals surface area contributed by atoms with Gasteiger partial charge in [-0.1, -0.05) is 79.0 Å². The second-order valence-corrected chi connectivity index (χ2v) is 9.59. The zero-order valence-electron chi connectivity index (χ0n) is 19.6. The van der Waals surface area contributed by atoms with E-state index in [4.69, 9.17) is 11.6 Å². The third-order valence-corrected chi connectivity index (χ3v) is 6.72. The van der Waals surface area contributed by atoms with Crippen LogP contribution in [-0.2, 0) is 29.0 Å². The molecule has 1 unspecified atom stereocenters. The monoisotopic (exact) mass is 492 g/mol. The molecule has 182 valence electrons. The van der Waals surface area contributed by atoms with Gasteiger partial charge in [0.25, 0.3) is 0 Å². The Hall–Kier alpha value is -3.18. The van der Waals surface area contributed by atoms with Crippen LogP contribution in [0.4, 0.5) is 4.39 Å². The van der Waals surface area contributed by atoms with Gasteiger partial charge in [-0.3, -0.25) is 9.59 Å². The van der Waals surface area contributed by atoms with Gasteiger partial charge in [0, 0.05) is 24.0 Å². The van der Waals surface area contributed by atoms with Crippen molar-refractivity contribution in [2.24, 2.45) is 0 Å². The molecule has 6 heteroatoms. The quantitative estimate of drug-likeness (QED) is 0.415. The van der Waals surface area contributed by atoms with E-state index >= 15 is 0 Å². The molecule has 1 aliphatic rings. The number of amides is 2. The number of halogens is 2. The molecule has 2 amide bonds. The van der Waals surface area contributed by atoms with E-state index in [1.165, 1.54) is 12.1 Å². The molecule has 1 fully saturated rings. The van der Waals surface area contributed by atoms with Gasteiger partial charge in [-0.05, 0) is 53.8 Å². The summed E-state index contributed by atoms with van der Waals surface area (Å²) in [5.74, 6) is -0.691. The van der Waals surface area contributed by atoms with Crippen LogP contribution in [-0.4, -0.2) is 28.8 Å². The van der Waals surface area contributed by atoms with Crippen LogP contribution in [0.25, 0.3) is 0 Å². The lowest BCUT2D eigenvalue weighted by Crippen LogP contribution is -2.52. The second-order valence-electron chi connectivity index (χ2n) is 9.15. The van der Waals surface area contributed by atoms with Crippen LogP contribution in [0.15, 0.2) is 78.9 Å². The van der Waals surface area contributed by atoms with Crippen LogP contribution in [0.3, 0.4) is 0 Å². The van der Waals surface area contributed by atoms with E-state index in [1.807, 2.05) is 48.5 Å². The first-order valence-electron chi connectivity index (χ1n) is 12.1. The van der Waals surface area contributed by atoms with Crippen molar-refractivity contribution in [2.45, 2.75) is 57.2 Å². The lowest BCUT2D eigenvalue weighted by Gasteiger charge is -2.32. The van der Waals surface area contributed by atoms with Gasteiger partial charge in [0.1, 0.15) is 11.9 Å². The molecule has 1 N–H and O–H groups in total. The highest BCUT2D eigenvalue weighted by Gasteiger charge is 2.32. The molecular formula is C29H30ClFN2O2. The van der Waals surface area contributed by atoms with Crippen molar-refractivity contribution in [3.63, 3.8) is 0 Å². The standard InChI is InChI=1S/C29H30ClFN2O2/c30-24-10-6-9-23(17-24)20-33(28(34)19-22-13-15-25(31)16-14-22)27(18-21-7-2-1-3-8-21)29(35)32-26-11-4-5-12-26/h1-3,6-10,13-17,26-27H,4-5,11-12,18-20H2,(H,32,35). The fourth-order valence-electron chi connectivity index (χ4n) is 4.63. The number of nitrogens with one attached hydrogen (secondary N) is 1. The highest BCUT2D eigenvalue weighted by molar-refractivity contribution is 6.30. The summed E-state index contributed by atoms with van der Waals surface area (Å²) in [5, 5.41) is 3.77. The van der Waals surface area contributed by atoms with Gasteiger partial charge in [0.2, 0.25) is 11.8 Å². The molecule has 0 aliphatic heterocycles. The van der Waals surface area contributed by atoms with Gasteiger partial charge >= 0.3 is 0 Å². The van der Waals surface area contributed by atoms with Crippen molar-refractivity contribution in [2.75, 3.05) is 0 Å². The van der Waals surface area contributed by atoms with Crippen LogP contribution in [0.1, 0.15) is 42.4 Å². The Kier molecular flexibility index (Phi) is 8.54. The largest absolute Gasteiger partial charge is 0.352 e. The molecule has 0 spiro atoms. The van der Waals surface area contributed by atoms with E-state index in [9.17, 15) is 14.0 Å². The Bertz CT molecular complexity index is 1130. The van der Waals surface area contributed by atoms with Crippen LogP contribution >= 0.6 is 11.6 Å². The molecular weight excluding hydrogens is 463 g/mol. The van der Waals surface area contributed by atoms with Gasteiger partial charge in [-0.15, -0.1) is 0 Å². The fraction of sp³-hybridized carbons (Fsp3) is 0.310. The molecule has 1 atom stereocenters. The highest BCUT2D eigenvalue weighted by atomic mass is 35.5. The van der Waals surface area contributed by atoms with Crippen molar-refractivity contribution in [3.05, 3.63) is 106 Å². The Morgan fingerprint density at radius 2 is 1.60 bits per heavy atom. The molecule has 3 aromatic carbocycles. The zero-order valence-corrected chi connectivity index (χ0v) is 20.4. The Morgan fingerprint density at radius 1 is 0.914 bits per heavy atom. The summed E-state index contributed by atoms with van der Waals surface area (Å²) in [6.45, 7) is 0.246. The van der Waals surface area contributed by atoms with Crippen LogP contribution in [0.5, 0.6) is 0 Å². The van der Waals surface area contributed by atoms with Gasteiger partial charge in [-0.25, -0.2) is 4.39 Å². The number of nitrogens with zero attached hydrogens (tertiary/aromatic N) is 1. The zero-order chi connectivity index (χ0) is 24.6. The minimum Gasteiger partial charge on any atom is -0.352 e. The first-order chi connectivity index (χ1) is 17.0. The van der Waals surface area contributed by atoms with E-state index in [0.717, 1.165) is 36.8 Å². The first-order valence-corrected chi connectivity index (χ1v) is 12.5. The molecule has 1 saturated carbocycles. The smallest absolute Gasteiger partial charge is 0.243 e. The molecule has 35 heavy (non-hydrogen) atoms. The molecule has 0 aromatic heterocycles. The average molecular weight is 493 g/mol. The summed E-state index contributed by atoms with van der Waals surface area (Å²) in [6.07, 6.45) is 4.59. The highest BCUT2D eigenvalue weighted by Crippen LogP contribution is 2.21. The molecule has 0 heterocycles. The van der Waals surface area contributed by atoms with Crippen molar-refractivity contribution in [1.29, 1.82) is 0 Å². The lowest BCUT2D eigenvalue weighted by atomic mass is 10.0. The van der Waals surface area contributed by atoms with Crippen molar-refractivity contribution < 1.29 is 14.0 Å². The third-order valence-electron chi connectivity index (χ3n) is 6.48. The summed E-state index contributed by atoms with van der Waals surface area (Å²) in [5.41, 5.74) is 2.52. The third kappa shape index (κ3) is 7.15. The Labute approximate surface area is 211 Å². The minimum atomic E-state index is -0.690. The number of rotatable bonds is 9. The fourth-order valence-corrected chi connectivity index (χ4v) is 4.84. The number of benzene rings is 3. The van der Waals surface area contributed by atoms with E-state index in [0.29, 0.717) is 17.0 Å². The summed E-state index contributed by atoms with van der Waals surface area (Å²) < 4.78 is 13.4. The molecule has 0 saturated heterocycles. The molecule has 1 aliphatic carbocycles. The summed E-state index contributed by atoms with van der Waals surface area (Å²) in [4.78, 5) is 28.9. The maximum Gasteiger partial charge on any atom is 0.243 e. The molecule has 0 bridgehead atoms. The average Bonchev–Trinajstić information content (AvgIpc) is 3.36. The van der Waals surface area contributed by atoms with Gasteiger partial charge < -0.3 is 10.2 Å². The number of hydrogen-bond donors (Lipinski definition) is 1. The van der Waals surface area contributed by atoms with Crippen LogP contribution in [0, 0.1) is 5.82 Å². The molecule has 3 aromatic rings. The normalized spacial score (nSPS) is 14.5. The van der Waals surface area contributed by atoms with Crippen molar-refractivity contribution in [3.8, 4) is 0 Å². The summed E-state index contributed by atoms with van der Waals surface area (Å²) >= 11 is 6.22. The maximum atomic E-state index is 13.7. The van der Waals surface area contributed by atoms with Crippen molar-refractivity contribution in [1.82, 2.24) is 10.2 Å². The van der Waals surface area contributed by atoms with E-state index in [2.05, 4.69) is 5.32 Å². The summed E-state index contributed by atoms with van der Waals surface area (Å²) in [7, 11) is 0. The topological polar surface area (TPSA) is 49.4 Å². The number of hydrogen-bond acceptors (Lipinski definition) is 2. The SMILES string of the molecule is O=C(NC1CCCC1)C(Cc1ccccc1)N(Cc1cccc(Cl)c1)C(=O)Cc1ccc(F)cc1. The van der Waals surface area contributed by atoms with Crippen LogP contribution < -0.4 is 5.32 Å². The maximum absolute atomic E-state index is 13.7. The predicted molar refractivity (Wildman–Crippen MR) is 136 cm³/mol. The molecule has 4 rings (SSSR count). The Morgan fingerprint density at radius 3 is 2.29 bits per heavy atom. The first kappa shape index (κ1) is 24.9. The van der Waals surface area contributed by atoms with Gasteiger partial charge in [-0.2, -0.15) is 0 Å². The van der Waals surface area contributed by atoms with E-state index < -0.39 is 6.04 Å². The lowest BCUT2D eigenvalue weighted by molar-refractivity contribution is -0.141. The number of carbonyl (C=O) groups excluding carboxylic acids is 2. The Balaban J connectivity index is 1.65. The van der Waals surface area contributed by atoms with E-state index in [-0.39, 0.29) is 36.6 Å². The van der Waals surface area contributed by atoms with Gasteiger partial charge in [0.15, 0.2) is 0 Å². The van der Waals surface area contributed by atoms with E-state index in [1.54, 1.807) is 23.1 Å². The molecule has 0 radical (unpaired) electrons.